The normalized spacial score (nSPS) is 15.1. The van der Waals surface area contributed by atoms with Gasteiger partial charge in [-0.1, -0.05) is 23.7 Å². The average molecular weight is 290 g/mol. The van der Waals surface area contributed by atoms with Crippen molar-refractivity contribution >= 4 is 17.4 Å². The zero-order valence-electron chi connectivity index (χ0n) is 11.1. The van der Waals surface area contributed by atoms with E-state index in [1.807, 2.05) is 24.5 Å². The van der Waals surface area contributed by atoms with E-state index in [4.69, 9.17) is 11.6 Å². The van der Waals surface area contributed by atoms with Crippen molar-refractivity contribution in [1.29, 1.82) is 0 Å². The van der Waals surface area contributed by atoms with E-state index in [0.29, 0.717) is 17.0 Å². The Balaban J connectivity index is 1.58. The molecule has 4 nitrogen and oxygen atoms in total. The molecule has 20 heavy (non-hydrogen) atoms. The molecule has 2 heterocycles. The lowest BCUT2D eigenvalue weighted by atomic mass is 10.1. The highest BCUT2D eigenvalue weighted by Gasteiger charge is 2.18. The fraction of sp³-hybridized carbons (Fsp3) is 0.333. The van der Waals surface area contributed by atoms with Crippen molar-refractivity contribution < 1.29 is 4.79 Å². The minimum Gasteiger partial charge on any atom is -0.333 e. The summed E-state index contributed by atoms with van der Waals surface area (Å²) < 4.78 is 2.16. The first kappa shape index (κ1) is 13.3. The summed E-state index contributed by atoms with van der Waals surface area (Å²) in [4.78, 5) is 18.8. The third-order valence-electron chi connectivity index (χ3n) is 3.65. The fourth-order valence-corrected chi connectivity index (χ4v) is 2.74. The minimum atomic E-state index is 0.101. The summed E-state index contributed by atoms with van der Waals surface area (Å²) in [6.45, 7) is 3.45. The van der Waals surface area contributed by atoms with E-state index in [1.54, 1.807) is 12.1 Å². The molecule has 3 rings (SSSR count). The molecular weight excluding hydrogens is 274 g/mol. The molecule has 1 aliphatic heterocycles. The molecule has 1 aliphatic rings. The number of rotatable bonds is 4. The van der Waals surface area contributed by atoms with Crippen molar-refractivity contribution in [1.82, 2.24) is 14.5 Å². The van der Waals surface area contributed by atoms with E-state index in [2.05, 4.69) is 14.5 Å². The molecule has 5 heteroatoms. The third kappa shape index (κ3) is 2.76. The number of carbonyl (C=O) groups excluding carboxylic acids is 1. The summed E-state index contributed by atoms with van der Waals surface area (Å²) in [6.07, 6.45) is 4.32. The fourth-order valence-electron chi connectivity index (χ4n) is 2.50. The summed E-state index contributed by atoms with van der Waals surface area (Å²) in [5.41, 5.74) is 0.618. The molecule has 0 amide bonds. The average Bonchev–Trinajstić information content (AvgIpc) is 2.92. The highest BCUT2D eigenvalue weighted by atomic mass is 35.5. The number of halogens is 1. The second-order valence-corrected chi connectivity index (χ2v) is 5.37. The molecule has 0 saturated carbocycles. The van der Waals surface area contributed by atoms with Crippen LogP contribution in [0.15, 0.2) is 36.7 Å². The molecule has 0 aliphatic carbocycles. The SMILES string of the molecule is O=C(CCN1CCn2ccnc2C1)c1ccccc1Cl. The number of fused-ring (bicyclic) bond motifs is 1. The number of ketones is 1. The van der Waals surface area contributed by atoms with Crippen LogP contribution in [0.5, 0.6) is 0 Å². The van der Waals surface area contributed by atoms with Gasteiger partial charge in [0.25, 0.3) is 0 Å². The van der Waals surface area contributed by atoms with Gasteiger partial charge in [-0.2, -0.15) is 0 Å². The molecule has 104 valence electrons. The molecule has 1 aromatic heterocycles. The predicted octanol–water partition coefficient (Wildman–Crippen LogP) is 2.63. The van der Waals surface area contributed by atoms with Crippen LogP contribution in [-0.4, -0.2) is 33.3 Å². The van der Waals surface area contributed by atoms with Gasteiger partial charge in [0.15, 0.2) is 5.78 Å². The predicted molar refractivity (Wildman–Crippen MR) is 77.9 cm³/mol. The quantitative estimate of drug-likeness (QED) is 0.812. The van der Waals surface area contributed by atoms with Gasteiger partial charge in [0.1, 0.15) is 5.82 Å². The van der Waals surface area contributed by atoms with E-state index < -0.39 is 0 Å². The largest absolute Gasteiger partial charge is 0.333 e. The van der Waals surface area contributed by atoms with Crippen molar-refractivity contribution in [3.63, 3.8) is 0 Å². The zero-order chi connectivity index (χ0) is 13.9. The van der Waals surface area contributed by atoms with Crippen LogP contribution in [0, 0.1) is 0 Å². The molecule has 0 fully saturated rings. The molecular formula is C15H16ClN3O. The van der Waals surface area contributed by atoms with Gasteiger partial charge in [0, 0.05) is 44.0 Å². The molecule has 0 saturated heterocycles. The van der Waals surface area contributed by atoms with Gasteiger partial charge >= 0.3 is 0 Å². The monoisotopic (exact) mass is 289 g/mol. The minimum absolute atomic E-state index is 0.101. The van der Waals surface area contributed by atoms with Crippen LogP contribution in [-0.2, 0) is 13.1 Å². The van der Waals surface area contributed by atoms with Crippen LogP contribution in [0.2, 0.25) is 5.02 Å². The summed E-state index contributed by atoms with van der Waals surface area (Å²) in [5.74, 6) is 1.17. The Hall–Kier alpha value is -1.65. The second-order valence-electron chi connectivity index (χ2n) is 4.97. The number of nitrogens with zero attached hydrogens (tertiary/aromatic N) is 3. The third-order valence-corrected chi connectivity index (χ3v) is 3.98. The maximum absolute atomic E-state index is 12.2. The van der Waals surface area contributed by atoms with Gasteiger partial charge in [0.05, 0.1) is 11.6 Å². The maximum atomic E-state index is 12.2. The van der Waals surface area contributed by atoms with Crippen molar-refractivity contribution in [3.8, 4) is 0 Å². The number of Topliss-reactive ketones (excluding diaryl/α,β-unsaturated/α-hetero) is 1. The van der Waals surface area contributed by atoms with Crippen molar-refractivity contribution in [2.75, 3.05) is 13.1 Å². The van der Waals surface area contributed by atoms with Crippen molar-refractivity contribution in [2.24, 2.45) is 0 Å². The number of aromatic nitrogens is 2. The number of carbonyl (C=O) groups is 1. The molecule has 0 bridgehead atoms. The Labute approximate surface area is 123 Å². The van der Waals surface area contributed by atoms with Gasteiger partial charge in [-0.15, -0.1) is 0 Å². The maximum Gasteiger partial charge on any atom is 0.165 e. The van der Waals surface area contributed by atoms with E-state index in [-0.39, 0.29) is 5.78 Å². The zero-order valence-corrected chi connectivity index (χ0v) is 11.9. The first-order valence-electron chi connectivity index (χ1n) is 6.74. The van der Waals surface area contributed by atoms with Crippen LogP contribution in [0.25, 0.3) is 0 Å². The number of imidazole rings is 1. The van der Waals surface area contributed by atoms with Gasteiger partial charge in [-0.25, -0.2) is 4.98 Å². The molecule has 1 aromatic carbocycles. The molecule has 0 spiro atoms. The highest BCUT2D eigenvalue weighted by Crippen LogP contribution is 2.17. The van der Waals surface area contributed by atoms with E-state index in [9.17, 15) is 4.79 Å². The second kappa shape index (κ2) is 5.77. The molecule has 0 atom stereocenters. The Kier molecular flexibility index (Phi) is 3.85. The topological polar surface area (TPSA) is 38.1 Å². The van der Waals surface area contributed by atoms with E-state index in [0.717, 1.165) is 32.0 Å². The van der Waals surface area contributed by atoms with Crippen LogP contribution in [0.1, 0.15) is 22.6 Å². The Morgan fingerprint density at radius 2 is 2.15 bits per heavy atom. The highest BCUT2D eigenvalue weighted by molar-refractivity contribution is 6.33. The first-order valence-corrected chi connectivity index (χ1v) is 7.12. The van der Waals surface area contributed by atoms with Crippen LogP contribution >= 0.6 is 11.6 Å². The van der Waals surface area contributed by atoms with E-state index >= 15 is 0 Å². The van der Waals surface area contributed by atoms with Crippen molar-refractivity contribution in [2.45, 2.75) is 19.5 Å². The lowest BCUT2D eigenvalue weighted by molar-refractivity contribution is 0.0955. The molecule has 0 N–H and O–H groups in total. The van der Waals surface area contributed by atoms with Crippen molar-refractivity contribution in [3.05, 3.63) is 53.1 Å². The number of hydrogen-bond donors (Lipinski definition) is 0. The molecule has 0 radical (unpaired) electrons. The summed E-state index contributed by atoms with van der Waals surface area (Å²) in [7, 11) is 0. The lowest BCUT2D eigenvalue weighted by Crippen LogP contribution is -2.35. The lowest BCUT2D eigenvalue weighted by Gasteiger charge is -2.27. The summed E-state index contributed by atoms with van der Waals surface area (Å²) in [6, 6.07) is 7.22. The van der Waals surface area contributed by atoms with E-state index in [1.165, 1.54) is 0 Å². The van der Waals surface area contributed by atoms with Gasteiger partial charge in [-0.3, -0.25) is 9.69 Å². The van der Waals surface area contributed by atoms with Crippen LogP contribution in [0.3, 0.4) is 0 Å². The van der Waals surface area contributed by atoms with Gasteiger partial charge < -0.3 is 4.57 Å². The Morgan fingerprint density at radius 1 is 1.30 bits per heavy atom. The summed E-state index contributed by atoms with van der Waals surface area (Å²) in [5, 5.41) is 0.534. The Morgan fingerprint density at radius 3 is 3.00 bits per heavy atom. The molecule has 0 unspecified atom stereocenters. The summed E-state index contributed by atoms with van der Waals surface area (Å²) >= 11 is 6.05. The van der Waals surface area contributed by atoms with Gasteiger partial charge in [-0.05, 0) is 12.1 Å². The number of hydrogen-bond acceptors (Lipinski definition) is 3. The first-order chi connectivity index (χ1) is 9.74. The Bertz CT molecular complexity index is 623. The van der Waals surface area contributed by atoms with Crippen LogP contribution in [0.4, 0.5) is 0 Å². The molecule has 2 aromatic rings. The standard InChI is InChI=1S/C15H16ClN3O/c16-13-4-2-1-3-12(13)14(20)5-7-18-9-10-19-8-6-17-15(19)11-18/h1-4,6,8H,5,7,9-11H2. The van der Waals surface area contributed by atoms with Crippen LogP contribution < -0.4 is 0 Å². The number of benzene rings is 1. The van der Waals surface area contributed by atoms with Gasteiger partial charge in [0.2, 0.25) is 0 Å². The smallest absolute Gasteiger partial charge is 0.165 e.